The molecule has 1 saturated carbocycles. The maximum atomic E-state index is 11.1. The minimum Gasteiger partial charge on any atom is -0.550 e. The van der Waals surface area contributed by atoms with E-state index in [2.05, 4.69) is 0 Å². The number of nitrogens with two attached hydrogens (primary N) is 2. The van der Waals surface area contributed by atoms with Crippen molar-refractivity contribution in [2.24, 2.45) is 35.1 Å². The zero-order chi connectivity index (χ0) is 20.0. The molecule has 0 amide bonds. The average molecular weight is 462 g/mol. The number of carbonyl (C=O) groups excluding carboxylic acids is 4. The Balaban J connectivity index is -0.000000845. The number of carbonyl (C=O) groups is 4. The van der Waals surface area contributed by atoms with Gasteiger partial charge in [0.15, 0.2) is 0 Å². The van der Waals surface area contributed by atoms with Gasteiger partial charge in [-0.05, 0) is 50.4 Å². The first kappa shape index (κ1) is 39.0. The molecule has 0 aromatic heterocycles. The van der Waals surface area contributed by atoms with E-state index in [0.717, 1.165) is 0 Å². The Labute approximate surface area is 263 Å². The summed E-state index contributed by atoms with van der Waals surface area (Å²) in [7, 11) is 0. The summed E-state index contributed by atoms with van der Waals surface area (Å²) in [6, 6.07) is -1.90. The van der Waals surface area contributed by atoms with Crippen molar-refractivity contribution < 1.29 is 158 Å². The predicted molar refractivity (Wildman–Crippen MR) is 77.6 cm³/mol. The summed E-state index contributed by atoms with van der Waals surface area (Å²) in [5.74, 6) is -9.58. The van der Waals surface area contributed by atoms with E-state index in [1.807, 2.05) is 0 Å². The van der Waals surface area contributed by atoms with E-state index < -0.39 is 60.6 Å². The fourth-order valence-electron chi connectivity index (χ4n) is 3.68. The van der Waals surface area contributed by atoms with E-state index in [9.17, 15) is 39.6 Å². The van der Waals surface area contributed by atoms with Crippen molar-refractivity contribution in [3.05, 3.63) is 0 Å². The SMILES string of the molecule is NC(C1CCC(C(N)C(CC(=O)[O-])C(=O)[O-])CC1)C(CC(=O)[O-])C(=O)[O-].[Na+].[Na+].[Na+].[Na+]. The fourth-order valence-corrected chi connectivity index (χ4v) is 3.68. The van der Waals surface area contributed by atoms with Crippen molar-refractivity contribution in [1.82, 2.24) is 0 Å². The van der Waals surface area contributed by atoms with E-state index in [1.54, 1.807) is 0 Å². The van der Waals surface area contributed by atoms with Gasteiger partial charge in [-0.1, -0.05) is 0 Å². The van der Waals surface area contributed by atoms with Gasteiger partial charge in [0.25, 0.3) is 0 Å². The summed E-state index contributed by atoms with van der Waals surface area (Å²) >= 11 is 0. The van der Waals surface area contributed by atoms with Crippen LogP contribution in [0.3, 0.4) is 0 Å². The van der Waals surface area contributed by atoms with Crippen LogP contribution < -0.4 is 150 Å². The van der Waals surface area contributed by atoms with Crippen LogP contribution in [0.2, 0.25) is 0 Å². The minimum absolute atomic E-state index is 0. The van der Waals surface area contributed by atoms with Crippen LogP contribution in [-0.4, -0.2) is 36.0 Å². The summed E-state index contributed by atoms with van der Waals surface area (Å²) < 4.78 is 0. The zero-order valence-corrected chi connectivity index (χ0v) is 26.1. The summed E-state index contributed by atoms with van der Waals surface area (Å²) in [5, 5.41) is 43.6. The van der Waals surface area contributed by atoms with E-state index in [-0.39, 0.29) is 130 Å². The number of rotatable bonds is 10. The molecule has 0 aromatic carbocycles. The fraction of sp³-hybridized carbons (Fsp3) is 0.750. The van der Waals surface area contributed by atoms with Gasteiger partial charge < -0.3 is 51.1 Å². The third-order valence-corrected chi connectivity index (χ3v) is 5.21. The van der Waals surface area contributed by atoms with Crippen LogP contribution >= 0.6 is 0 Å². The molecule has 0 aliphatic heterocycles. The molecule has 0 bridgehead atoms. The van der Waals surface area contributed by atoms with Crippen LogP contribution in [0.5, 0.6) is 0 Å². The van der Waals surface area contributed by atoms with Gasteiger partial charge in [0.05, 0.1) is 0 Å². The molecule has 30 heavy (non-hydrogen) atoms. The van der Waals surface area contributed by atoms with Crippen LogP contribution in [-0.2, 0) is 19.2 Å². The van der Waals surface area contributed by atoms with E-state index in [1.165, 1.54) is 0 Å². The number of carboxylic acid groups (broad SMARTS) is 4. The largest absolute Gasteiger partial charge is 1.00 e. The Morgan fingerprint density at radius 2 is 0.867 bits per heavy atom. The third kappa shape index (κ3) is 12.9. The molecule has 0 heterocycles. The Morgan fingerprint density at radius 1 is 0.633 bits per heavy atom. The second kappa shape index (κ2) is 19.1. The first-order valence-electron chi connectivity index (χ1n) is 8.37. The molecule has 1 fully saturated rings. The number of hydrogen-bond donors (Lipinski definition) is 2. The van der Waals surface area contributed by atoms with Crippen molar-refractivity contribution in [1.29, 1.82) is 0 Å². The Kier molecular flexibility index (Phi) is 24.9. The van der Waals surface area contributed by atoms with Crippen LogP contribution in [0.15, 0.2) is 0 Å². The van der Waals surface area contributed by atoms with Crippen molar-refractivity contribution in [2.45, 2.75) is 50.6 Å². The summed E-state index contributed by atoms with van der Waals surface area (Å²) in [5.41, 5.74) is 11.8. The smallest absolute Gasteiger partial charge is 0.550 e. The van der Waals surface area contributed by atoms with Gasteiger partial charge in [-0.3, -0.25) is 0 Å². The average Bonchev–Trinajstić information content (AvgIpc) is 2.55. The summed E-state index contributed by atoms with van der Waals surface area (Å²) in [4.78, 5) is 43.6. The normalized spacial score (nSPS) is 21.5. The molecule has 4 N–H and O–H groups in total. The van der Waals surface area contributed by atoms with Gasteiger partial charge >= 0.3 is 118 Å². The maximum absolute atomic E-state index is 11.1. The van der Waals surface area contributed by atoms with Gasteiger partial charge in [-0.2, -0.15) is 0 Å². The van der Waals surface area contributed by atoms with Crippen molar-refractivity contribution >= 4 is 23.9 Å². The molecule has 14 heteroatoms. The molecule has 0 aromatic rings. The number of carboxylic acids is 4. The van der Waals surface area contributed by atoms with E-state index in [0.29, 0.717) is 25.7 Å². The Hall–Kier alpha value is 1.80. The molecule has 4 atom stereocenters. The van der Waals surface area contributed by atoms with Gasteiger partial charge in [0.1, 0.15) is 0 Å². The van der Waals surface area contributed by atoms with Crippen LogP contribution in [0, 0.1) is 23.7 Å². The molecular weight excluding hydrogens is 440 g/mol. The van der Waals surface area contributed by atoms with Gasteiger partial charge in [-0.25, -0.2) is 0 Å². The molecule has 0 spiro atoms. The van der Waals surface area contributed by atoms with E-state index >= 15 is 0 Å². The van der Waals surface area contributed by atoms with Gasteiger partial charge in [0.2, 0.25) is 0 Å². The molecule has 148 valence electrons. The van der Waals surface area contributed by atoms with Crippen LogP contribution in [0.1, 0.15) is 38.5 Å². The first-order valence-corrected chi connectivity index (χ1v) is 8.37. The third-order valence-electron chi connectivity index (χ3n) is 5.21. The molecular formula is C16H22N2Na4O8. The van der Waals surface area contributed by atoms with Gasteiger partial charge in [0, 0.05) is 47.8 Å². The van der Waals surface area contributed by atoms with Crippen molar-refractivity contribution in [2.75, 3.05) is 0 Å². The second-order valence-electron chi connectivity index (χ2n) is 6.83. The quantitative estimate of drug-likeness (QED) is 0.292. The first-order chi connectivity index (χ1) is 12.0. The second-order valence-corrected chi connectivity index (χ2v) is 6.83. The molecule has 0 saturated heterocycles. The Bertz CT molecular complexity index is 513. The molecule has 10 nitrogen and oxygen atoms in total. The van der Waals surface area contributed by atoms with Crippen LogP contribution in [0.4, 0.5) is 0 Å². The number of aliphatic carboxylic acids is 4. The summed E-state index contributed by atoms with van der Waals surface area (Å²) in [6.45, 7) is 0. The molecule has 0 radical (unpaired) electrons. The molecule has 1 aliphatic rings. The van der Waals surface area contributed by atoms with Crippen LogP contribution in [0.25, 0.3) is 0 Å². The monoisotopic (exact) mass is 462 g/mol. The number of hydrogen-bond acceptors (Lipinski definition) is 10. The predicted octanol–water partition coefficient (Wildman–Crippen LogP) is -17.5. The standard InChI is InChI=1S/C16H26N2O8.4Na/c17-13(9(15(23)24)5-11(19)20)7-1-2-8(4-3-7)14(18)10(16(25)26)6-12(21)22;;;;/h7-10,13-14H,1-6,17-18H2,(H,19,20)(H,21,22)(H,23,24)(H,25,26);;;;/q;4*+1/p-4. The topological polar surface area (TPSA) is 213 Å². The minimum atomic E-state index is -1.56. The molecule has 1 rings (SSSR count). The summed E-state index contributed by atoms with van der Waals surface area (Å²) in [6.07, 6.45) is 0.119. The zero-order valence-electron chi connectivity index (χ0n) is 18.1. The van der Waals surface area contributed by atoms with Crippen molar-refractivity contribution in [3.63, 3.8) is 0 Å². The molecule has 1 aliphatic carbocycles. The van der Waals surface area contributed by atoms with E-state index in [4.69, 9.17) is 11.5 Å². The molecule has 4 unspecified atom stereocenters. The van der Waals surface area contributed by atoms with Crippen molar-refractivity contribution in [3.8, 4) is 0 Å². The Morgan fingerprint density at radius 3 is 1.03 bits per heavy atom. The maximum Gasteiger partial charge on any atom is 1.00 e. The van der Waals surface area contributed by atoms with Gasteiger partial charge in [-0.15, -0.1) is 0 Å².